The summed E-state index contributed by atoms with van der Waals surface area (Å²) in [4.78, 5) is 2.66. The number of nitrogens with one attached hydrogen (secondary N) is 1. The molecule has 0 radical (unpaired) electrons. The highest BCUT2D eigenvalue weighted by molar-refractivity contribution is 7.07. The summed E-state index contributed by atoms with van der Waals surface area (Å²) in [6.07, 6.45) is 6.88. The average molecular weight is 266 g/mol. The number of hydrogen-bond donors (Lipinski definition) is 1. The fraction of sp³-hybridized carbons (Fsp3) is 0.733. The first kappa shape index (κ1) is 14.0. The fourth-order valence-electron chi connectivity index (χ4n) is 2.88. The quantitative estimate of drug-likeness (QED) is 0.727. The van der Waals surface area contributed by atoms with Gasteiger partial charge in [-0.2, -0.15) is 11.3 Å². The van der Waals surface area contributed by atoms with Gasteiger partial charge in [-0.25, -0.2) is 0 Å². The van der Waals surface area contributed by atoms with Crippen LogP contribution in [0.5, 0.6) is 0 Å². The zero-order valence-corrected chi connectivity index (χ0v) is 12.3. The maximum absolute atomic E-state index is 3.57. The molecule has 0 aliphatic heterocycles. The van der Waals surface area contributed by atoms with E-state index in [1.165, 1.54) is 50.8 Å². The maximum Gasteiger partial charge on any atom is 0.0110 e. The van der Waals surface area contributed by atoms with Gasteiger partial charge in [0.05, 0.1) is 0 Å². The molecule has 0 saturated heterocycles. The molecule has 102 valence electrons. The Morgan fingerprint density at radius 2 is 2.17 bits per heavy atom. The van der Waals surface area contributed by atoms with Crippen molar-refractivity contribution >= 4 is 11.3 Å². The van der Waals surface area contributed by atoms with Crippen molar-refractivity contribution in [3.63, 3.8) is 0 Å². The minimum atomic E-state index is 0.869. The van der Waals surface area contributed by atoms with Gasteiger partial charge < -0.3 is 5.32 Å². The molecule has 0 amide bonds. The molecule has 2 nitrogen and oxygen atoms in total. The molecule has 18 heavy (non-hydrogen) atoms. The summed E-state index contributed by atoms with van der Waals surface area (Å²) >= 11 is 1.79. The lowest BCUT2D eigenvalue weighted by atomic mass is 10.2. The third-order valence-electron chi connectivity index (χ3n) is 3.99. The van der Waals surface area contributed by atoms with Gasteiger partial charge in [0.2, 0.25) is 0 Å². The summed E-state index contributed by atoms with van der Waals surface area (Å²) < 4.78 is 0. The fourth-order valence-corrected chi connectivity index (χ4v) is 3.59. The molecule has 1 aliphatic rings. The van der Waals surface area contributed by atoms with Gasteiger partial charge in [-0.3, -0.25) is 4.90 Å². The van der Waals surface area contributed by atoms with E-state index in [1.54, 1.807) is 11.3 Å². The molecule has 0 aromatic carbocycles. The van der Waals surface area contributed by atoms with Crippen molar-refractivity contribution in [2.75, 3.05) is 26.2 Å². The molecule has 1 N–H and O–H groups in total. The van der Waals surface area contributed by atoms with E-state index in [4.69, 9.17) is 0 Å². The van der Waals surface area contributed by atoms with Crippen LogP contribution in [0.25, 0.3) is 0 Å². The Bertz CT molecular complexity index is 304. The summed E-state index contributed by atoms with van der Waals surface area (Å²) in [5, 5.41) is 7.98. The Morgan fingerprint density at radius 3 is 2.83 bits per heavy atom. The number of thiophene rings is 1. The van der Waals surface area contributed by atoms with Crippen molar-refractivity contribution in [2.24, 2.45) is 0 Å². The zero-order chi connectivity index (χ0) is 12.6. The first-order valence-corrected chi connectivity index (χ1v) is 8.30. The van der Waals surface area contributed by atoms with E-state index in [0.717, 1.165) is 19.1 Å². The molecule has 1 aromatic heterocycles. The summed E-state index contributed by atoms with van der Waals surface area (Å²) in [5.74, 6) is 0. The van der Waals surface area contributed by atoms with Gasteiger partial charge in [-0.05, 0) is 54.7 Å². The summed E-state index contributed by atoms with van der Waals surface area (Å²) in [5.41, 5.74) is 1.47. The first-order chi connectivity index (χ1) is 8.90. The smallest absolute Gasteiger partial charge is 0.0110 e. The van der Waals surface area contributed by atoms with Gasteiger partial charge in [0, 0.05) is 19.1 Å². The highest BCUT2D eigenvalue weighted by atomic mass is 32.1. The third kappa shape index (κ3) is 4.38. The van der Waals surface area contributed by atoms with Crippen LogP contribution in [0.3, 0.4) is 0 Å². The molecule has 0 spiro atoms. The predicted octanol–water partition coefficient (Wildman–Crippen LogP) is 3.14. The molecule has 1 heterocycles. The van der Waals surface area contributed by atoms with Crippen molar-refractivity contribution in [3.8, 4) is 0 Å². The van der Waals surface area contributed by atoms with Crippen LogP contribution in [0.15, 0.2) is 16.8 Å². The monoisotopic (exact) mass is 266 g/mol. The lowest BCUT2D eigenvalue weighted by Crippen LogP contribution is -2.38. The largest absolute Gasteiger partial charge is 0.315 e. The van der Waals surface area contributed by atoms with Crippen LogP contribution >= 0.6 is 11.3 Å². The van der Waals surface area contributed by atoms with Crippen molar-refractivity contribution in [3.05, 3.63) is 22.4 Å². The number of hydrogen-bond acceptors (Lipinski definition) is 3. The highest BCUT2D eigenvalue weighted by Crippen LogP contribution is 2.22. The summed E-state index contributed by atoms with van der Waals surface area (Å²) in [6, 6.07) is 3.09. The van der Waals surface area contributed by atoms with Crippen LogP contribution in [0, 0.1) is 0 Å². The van der Waals surface area contributed by atoms with Gasteiger partial charge in [-0.1, -0.05) is 19.8 Å². The van der Waals surface area contributed by atoms with Gasteiger partial charge >= 0.3 is 0 Å². The molecule has 0 atom stereocenters. The van der Waals surface area contributed by atoms with Crippen LogP contribution in [0.2, 0.25) is 0 Å². The standard InChI is InChI=1S/C15H26N2S/c1-2-17(15-5-3-4-6-15)11-10-16-9-7-14-8-12-18-13-14/h8,12-13,15-16H,2-7,9-11H2,1H3. The average Bonchev–Trinajstić information content (AvgIpc) is 3.06. The Labute approximate surface area is 115 Å². The molecule has 0 bridgehead atoms. The minimum absolute atomic E-state index is 0.869. The lowest BCUT2D eigenvalue weighted by molar-refractivity contribution is 0.209. The zero-order valence-electron chi connectivity index (χ0n) is 11.5. The van der Waals surface area contributed by atoms with Gasteiger partial charge in [-0.15, -0.1) is 0 Å². The molecule has 1 saturated carbocycles. The second-order valence-corrected chi connectivity index (χ2v) is 5.98. The lowest BCUT2D eigenvalue weighted by Gasteiger charge is -2.27. The van der Waals surface area contributed by atoms with Crippen LogP contribution < -0.4 is 5.32 Å². The summed E-state index contributed by atoms with van der Waals surface area (Å²) in [7, 11) is 0. The second kappa shape index (κ2) is 7.93. The number of nitrogens with zero attached hydrogens (tertiary/aromatic N) is 1. The Morgan fingerprint density at radius 1 is 1.33 bits per heavy atom. The number of likely N-dealkylation sites (N-methyl/N-ethyl adjacent to an activating group) is 1. The van der Waals surface area contributed by atoms with E-state index in [-0.39, 0.29) is 0 Å². The van der Waals surface area contributed by atoms with Crippen LogP contribution in [0.1, 0.15) is 38.2 Å². The van der Waals surface area contributed by atoms with E-state index in [1.807, 2.05) is 0 Å². The molecule has 2 rings (SSSR count). The van der Waals surface area contributed by atoms with Gasteiger partial charge in [0.25, 0.3) is 0 Å². The van der Waals surface area contributed by atoms with E-state index < -0.39 is 0 Å². The molecular formula is C15H26N2S. The Balaban J connectivity index is 1.56. The SMILES string of the molecule is CCN(CCNCCc1ccsc1)C1CCCC1. The first-order valence-electron chi connectivity index (χ1n) is 7.36. The van der Waals surface area contributed by atoms with E-state index in [9.17, 15) is 0 Å². The highest BCUT2D eigenvalue weighted by Gasteiger charge is 2.20. The molecule has 1 fully saturated rings. The normalized spacial score (nSPS) is 16.8. The maximum atomic E-state index is 3.57. The van der Waals surface area contributed by atoms with E-state index >= 15 is 0 Å². The van der Waals surface area contributed by atoms with Crippen molar-refractivity contribution in [1.82, 2.24) is 10.2 Å². The van der Waals surface area contributed by atoms with Gasteiger partial charge in [0.15, 0.2) is 0 Å². The minimum Gasteiger partial charge on any atom is -0.315 e. The second-order valence-electron chi connectivity index (χ2n) is 5.20. The van der Waals surface area contributed by atoms with Gasteiger partial charge in [0.1, 0.15) is 0 Å². The number of rotatable bonds is 8. The van der Waals surface area contributed by atoms with Crippen LogP contribution in [0.4, 0.5) is 0 Å². The van der Waals surface area contributed by atoms with E-state index in [2.05, 4.69) is 34.0 Å². The molecule has 3 heteroatoms. The Hall–Kier alpha value is -0.380. The molecule has 1 aliphatic carbocycles. The Kier molecular flexibility index (Phi) is 6.18. The van der Waals surface area contributed by atoms with E-state index in [0.29, 0.717) is 0 Å². The molecule has 0 unspecified atom stereocenters. The van der Waals surface area contributed by atoms with Crippen LogP contribution in [-0.2, 0) is 6.42 Å². The van der Waals surface area contributed by atoms with Crippen molar-refractivity contribution in [1.29, 1.82) is 0 Å². The third-order valence-corrected chi connectivity index (χ3v) is 4.73. The van der Waals surface area contributed by atoms with Crippen molar-refractivity contribution < 1.29 is 0 Å². The van der Waals surface area contributed by atoms with Crippen molar-refractivity contribution in [2.45, 2.75) is 45.1 Å². The summed E-state index contributed by atoms with van der Waals surface area (Å²) in [6.45, 7) is 6.96. The predicted molar refractivity (Wildman–Crippen MR) is 80.4 cm³/mol. The molecular weight excluding hydrogens is 240 g/mol. The topological polar surface area (TPSA) is 15.3 Å². The van der Waals surface area contributed by atoms with Crippen LogP contribution in [-0.4, -0.2) is 37.1 Å². The molecule has 1 aromatic rings.